The van der Waals surface area contributed by atoms with Crippen molar-refractivity contribution in [2.24, 2.45) is 0 Å². The third-order valence-corrected chi connectivity index (χ3v) is 9.97. The van der Waals surface area contributed by atoms with Crippen LogP contribution >= 0.6 is 11.3 Å². The van der Waals surface area contributed by atoms with Crippen LogP contribution in [-0.2, 0) is 24.8 Å². The zero-order valence-electron chi connectivity index (χ0n) is 19.8. The van der Waals surface area contributed by atoms with Crippen molar-refractivity contribution in [1.29, 1.82) is 5.26 Å². The van der Waals surface area contributed by atoms with Crippen LogP contribution in [0.3, 0.4) is 0 Å². The zero-order chi connectivity index (χ0) is 23.8. The Labute approximate surface area is 208 Å². The molecule has 2 aromatic heterocycles. The number of aryl methyl sites for hydroxylation is 1. The quantitative estimate of drug-likeness (QED) is 0.666. The van der Waals surface area contributed by atoms with E-state index in [0.717, 1.165) is 69.8 Å². The van der Waals surface area contributed by atoms with Gasteiger partial charge in [-0.05, 0) is 50.8 Å². The van der Waals surface area contributed by atoms with Crippen molar-refractivity contribution in [3.8, 4) is 12.1 Å². The molecule has 35 heavy (non-hydrogen) atoms. The Balaban J connectivity index is 1.16. The van der Waals surface area contributed by atoms with E-state index in [4.69, 9.17) is 20.4 Å². The summed E-state index contributed by atoms with van der Waals surface area (Å²) in [6.45, 7) is 5.17. The van der Waals surface area contributed by atoms with Gasteiger partial charge in [0.2, 0.25) is 0 Å². The number of halogens is 1. The van der Waals surface area contributed by atoms with E-state index in [-0.39, 0.29) is 11.0 Å². The van der Waals surface area contributed by atoms with E-state index in [2.05, 4.69) is 21.2 Å². The molecule has 6 heterocycles. The molecule has 1 spiro atoms. The number of thiophene rings is 1. The summed E-state index contributed by atoms with van der Waals surface area (Å²) >= 11 is 1.58. The number of rotatable bonds is 4. The van der Waals surface area contributed by atoms with Gasteiger partial charge >= 0.3 is 6.01 Å². The number of alkyl halides is 1. The number of anilines is 2. The van der Waals surface area contributed by atoms with E-state index in [1.165, 1.54) is 16.0 Å². The van der Waals surface area contributed by atoms with E-state index in [1.807, 2.05) is 0 Å². The van der Waals surface area contributed by atoms with Crippen LogP contribution in [0.1, 0.15) is 52.9 Å². The van der Waals surface area contributed by atoms with Crippen molar-refractivity contribution in [2.75, 3.05) is 50.0 Å². The van der Waals surface area contributed by atoms with E-state index in [1.54, 1.807) is 11.3 Å². The SMILES string of the molecule is N#Cc1c(N)sc2c1C1(CC2)CN(c2nc(OC[C@@]34CCCN3C[C@H](F)C4)nc3c2CCNC3)C1. The molecule has 0 amide bonds. The van der Waals surface area contributed by atoms with E-state index < -0.39 is 6.17 Å². The number of hydrogen-bond acceptors (Lipinski definition) is 9. The molecule has 3 saturated heterocycles. The van der Waals surface area contributed by atoms with Gasteiger partial charge in [-0.2, -0.15) is 15.2 Å². The fourth-order valence-corrected chi connectivity index (χ4v) is 8.40. The zero-order valence-corrected chi connectivity index (χ0v) is 20.6. The summed E-state index contributed by atoms with van der Waals surface area (Å²) in [4.78, 5) is 15.6. The Morgan fingerprint density at radius 2 is 2.17 bits per heavy atom. The maximum absolute atomic E-state index is 14.2. The highest BCUT2D eigenvalue weighted by Gasteiger charge is 2.52. The van der Waals surface area contributed by atoms with Crippen LogP contribution in [0.25, 0.3) is 0 Å². The smallest absolute Gasteiger partial charge is 0.318 e. The summed E-state index contributed by atoms with van der Waals surface area (Å²) in [6.07, 6.45) is 4.75. The second-order valence-electron chi connectivity index (χ2n) is 10.9. The number of nitrogens with zero attached hydrogens (tertiary/aromatic N) is 5. The molecule has 0 aromatic carbocycles. The number of nitrogens with one attached hydrogen (secondary N) is 1. The van der Waals surface area contributed by atoms with E-state index >= 15 is 0 Å². The molecule has 0 bridgehead atoms. The minimum Gasteiger partial charge on any atom is -0.461 e. The molecule has 5 aliphatic rings. The lowest BCUT2D eigenvalue weighted by atomic mass is 9.73. The molecule has 7 rings (SSSR count). The Kier molecular flexibility index (Phi) is 4.83. The van der Waals surface area contributed by atoms with Gasteiger partial charge in [-0.25, -0.2) is 4.39 Å². The fourth-order valence-electron chi connectivity index (χ4n) is 7.26. The molecular weight excluding hydrogens is 465 g/mol. The van der Waals surface area contributed by atoms with Crippen molar-refractivity contribution < 1.29 is 9.13 Å². The Morgan fingerprint density at radius 1 is 1.29 bits per heavy atom. The van der Waals surface area contributed by atoms with Gasteiger partial charge in [0, 0.05) is 48.5 Å². The van der Waals surface area contributed by atoms with Crippen LogP contribution in [0.5, 0.6) is 6.01 Å². The molecular formula is C25H30FN7OS. The number of aromatic nitrogens is 2. The third kappa shape index (κ3) is 3.21. The highest BCUT2D eigenvalue weighted by Crippen LogP contribution is 2.52. The summed E-state index contributed by atoms with van der Waals surface area (Å²) in [6, 6.07) is 2.76. The molecule has 1 aliphatic carbocycles. The molecule has 2 atom stereocenters. The Hall–Kier alpha value is -2.48. The van der Waals surface area contributed by atoms with Crippen LogP contribution in [-0.4, -0.2) is 65.9 Å². The van der Waals surface area contributed by atoms with Crippen molar-refractivity contribution in [3.63, 3.8) is 0 Å². The number of nitrogens with two attached hydrogens (primary N) is 1. The second kappa shape index (κ2) is 7.76. The molecule has 10 heteroatoms. The maximum Gasteiger partial charge on any atom is 0.318 e. The van der Waals surface area contributed by atoms with Crippen molar-refractivity contribution in [2.45, 2.75) is 62.2 Å². The monoisotopic (exact) mass is 495 g/mol. The number of nitrogen functional groups attached to an aromatic ring is 1. The van der Waals surface area contributed by atoms with Gasteiger partial charge in [-0.3, -0.25) is 4.90 Å². The summed E-state index contributed by atoms with van der Waals surface area (Å²) in [5.41, 5.74) is 9.99. The molecule has 0 saturated carbocycles. The summed E-state index contributed by atoms with van der Waals surface area (Å²) in [5.74, 6) is 0.961. The van der Waals surface area contributed by atoms with Crippen LogP contribution < -0.4 is 20.7 Å². The number of nitriles is 1. The highest BCUT2D eigenvalue weighted by molar-refractivity contribution is 7.16. The lowest BCUT2D eigenvalue weighted by Crippen LogP contribution is -2.59. The van der Waals surface area contributed by atoms with Crippen LogP contribution in [0.2, 0.25) is 0 Å². The summed E-state index contributed by atoms with van der Waals surface area (Å²) in [7, 11) is 0. The first-order chi connectivity index (χ1) is 17.0. The summed E-state index contributed by atoms with van der Waals surface area (Å²) in [5, 5.41) is 13.8. The highest BCUT2D eigenvalue weighted by atomic mass is 32.1. The molecule has 184 valence electrons. The normalized spacial score (nSPS) is 28.5. The Morgan fingerprint density at radius 3 is 3.03 bits per heavy atom. The van der Waals surface area contributed by atoms with Gasteiger partial charge in [-0.15, -0.1) is 11.3 Å². The molecule has 4 aliphatic heterocycles. The van der Waals surface area contributed by atoms with Gasteiger partial charge in [-0.1, -0.05) is 0 Å². The fraction of sp³-hybridized carbons (Fsp3) is 0.640. The molecule has 3 fully saturated rings. The molecule has 2 aromatic rings. The predicted molar refractivity (Wildman–Crippen MR) is 132 cm³/mol. The number of ether oxygens (including phenoxy) is 1. The second-order valence-corrected chi connectivity index (χ2v) is 12.1. The van der Waals surface area contributed by atoms with Crippen molar-refractivity contribution in [3.05, 3.63) is 27.3 Å². The predicted octanol–water partition coefficient (Wildman–Crippen LogP) is 2.30. The van der Waals surface area contributed by atoms with Crippen molar-refractivity contribution in [1.82, 2.24) is 20.2 Å². The minimum atomic E-state index is -0.777. The topological polar surface area (TPSA) is 103 Å². The Bertz CT molecular complexity index is 1240. The molecule has 0 radical (unpaired) electrons. The number of fused-ring (bicyclic) bond motifs is 4. The third-order valence-electron chi connectivity index (χ3n) is 8.89. The lowest BCUT2D eigenvalue weighted by Gasteiger charge is -2.50. The van der Waals surface area contributed by atoms with Gasteiger partial charge < -0.3 is 20.7 Å². The van der Waals surface area contributed by atoms with E-state index in [0.29, 0.717) is 42.7 Å². The molecule has 3 N–H and O–H groups in total. The lowest BCUT2D eigenvalue weighted by molar-refractivity contribution is 0.107. The van der Waals surface area contributed by atoms with Gasteiger partial charge in [0.05, 0.1) is 16.8 Å². The first-order valence-corrected chi connectivity index (χ1v) is 13.5. The van der Waals surface area contributed by atoms with E-state index in [9.17, 15) is 9.65 Å². The standard InChI is InChI=1S/C25H30FN7OS/c26-15-8-25(4-1-7-33(25)11-15)14-34-23-30-18-10-29-6-3-16(18)22(31-23)32-12-24(13-32)5-2-19-20(24)17(9-27)21(28)35-19/h15,29H,1-8,10-14,28H2/t15-,25+/m1/s1. The summed E-state index contributed by atoms with van der Waals surface area (Å²) < 4.78 is 20.4. The van der Waals surface area contributed by atoms with Crippen LogP contribution in [0.15, 0.2) is 0 Å². The first kappa shape index (κ1) is 21.8. The minimum absolute atomic E-state index is 0.0103. The average Bonchev–Trinajstić information content (AvgIpc) is 3.54. The van der Waals surface area contributed by atoms with Crippen LogP contribution in [0, 0.1) is 11.3 Å². The molecule has 0 unspecified atom stereocenters. The maximum atomic E-state index is 14.2. The number of hydrogen-bond donors (Lipinski definition) is 2. The van der Waals surface area contributed by atoms with Gasteiger partial charge in [0.25, 0.3) is 0 Å². The average molecular weight is 496 g/mol. The van der Waals surface area contributed by atoms with Gasteiger partial charge in [0.1, 0.15) is 29.7 Å². The van der Waals surface area contributed by atoms with Crippen molar-refractivity contribution >= 4 is 22.2 Å². The molecule has 8 nitrogen and oxygen atoms in total. The first-order valence-electron chi connectivity index (χ1n) is 12.7. The van der Waals surface area contributed by atoms with Crippen LogP contribution in [0.4, 0.5) is 15.2 Å². The van der Waals surface area contributed by atoms with Gasteiger partial charge in [0.15, 0.2) is 0 Å². The largest absolute Gasteiger partial charge is 0.461 e.